The van der Waals surface area contributed by atoms with Crippen molar-refractivity contribution in [2.45, 2.75) is 13.8 Å². The fourth-order valence-corrected chi connectivity index (χ4v) is 2.01. The number of aromatic nitrogens is 1. The van der Waals surface area contributed by atoms with Crippen LogP contribution in [0.15, 0.2) is 35.0 Å². The maximum Gasteiger partial charge on any atom is 0.360 e. The van der Waals surface area contributed by atoms with E-state index in [0.717, 1.165) is 11.8 Å². The number of ether oxygens (including phenoxy) is 3. The number of carbonyl (C=O) groups is 2. The summed E-state index contributed by atoms with van der Waals surface area (Å²) in [7, 11) is 1.54. The Morgan fingerprint density at radius 2 is 2.04 bits per heavy atom. The first-order valence-corrected chi connectivity index (χ1v) is 7.99. The molecule has 8 heteroatoms. The summed E-state index contributed by atoms with van der Waals surface area (Å²) in [6.07, 6.45) is 4.03. The van der Waals surface area contributed by atoms with Crippen molar-refractivity contribution in [1.29, 1.82) is 0 Å². The number of rotatable bonds is 8. The topological polar surface area (TPSA) is 99.9 Å². The van der Waals surface area contributed by atoms with Gasteiger partial charge < -0.3 is 18.6 Å². The second-order valence-corrected chi connectivity index (χ2v) is 4.92. The van der Waals surface area contributed by atoms with Gasteiger partial charge in [-0.3, -0.25) is 10.1 Å². The number of nitrogens with one attached hydrogen (secondary N) is 1. The molecular weight excluding hydrogens is 340 g/mol. The molecule has 0 radical (unpaired) electrons. The molecule has 1 N–H and O–H groups in total. The van der Waals surface area contributed by atoms with Crippen molar-refractivity contribution in [1.82, 2.24) is 4.98 Å². The van der Waals surface area contributed by atoms with Crippen LogP contribution < -0.4 is 14.8 Å². The number of methoxy groups -OCH3 is 1. The molecule has 2 rings (SSSR count). The number of hydrogen-bond acceptors (Lipinski definition) is 7. The van der Waals surface area contributed by atoms with Gasteiger partial charge in [-0.2, -0.15) is 4.98 Å². The molecule has 0 saturated carbocycles. The van der Waals surface area contributed by atoms with Crippen LogP contribution in [-0.2, 0) is 9.53 Å². The number of benzene rings is 1. The highest BCUT2D eigenvalue weighted by atomic mass is 16.5. The zero-order chi connectivity index (χ0) is 18.9. The number of carbonyl (C=O) groups excluding carboxylic acids is 2. The predicted molar refractivity (Wildman–Crippen MR) is 94.3 cm³/mol. The Balaban J connectivity index is 2.00. The molecule has 1 aromatic heterocycles. The average Bonchev–Trinajstić information content (AvgIpc) is 3.10. The molecule has 1 heterocycles. The predicted octanol–water partition coefficient (Wildman–Crippen LogP) is 2.91. The molecule has 0 aliphatic carbocycles. The van der Waals surface area contributed by atoms with Gasteiger partial charge in [0.05, 0.1) is 20.3 Å². The Morgan fingerprint density at radius 3 is 2.73 bits per heavy atom. The van der Waals surface area contributed by atoms with Gasteiger partial charge in [0.25, 0.3) is 5.91 Å². The Bertz CT molecular complexity index is 797. The molecule has 0 aliphatic rings. The molecule has 0 spiro atoms. The van der Waals surface area contributed by atoms with Crippen molar-refractivity contribution >= 4 is 24.0 Å². The monoisotopic (exact) mass is 360 g/mol. The first kappa shape index (κ1) is 19.0. The summed E-state index contributed by atoms with van der Waals surface area (Å²) in [5.74, 6) is 0.118. The molecule has 0 atom stereocenters. The van der Waals surface area contributed by atoms with Crippen LogP contribution in [-0.4, -0.2) is 37.2 Å². The molecule has 8 nitrogen and oxygen atoms in total. The zero-order valence-corrected chi connectivity index (χ0v) is 14.8. The van der Waals surface area contributed by atoms with Crippen LogP contribution >= 0.6 is 0 Å². The fraction of sp³-hybridized carbons (Fsp3) is 0.278. The molecule has 26 heavy (non-hydrogen) atoms. The smallest absolute Gasteiger partial charge is 0.360 e. The number of esters is 1. The van der Waals surface area contributed by atoms with E-state index in [-0.39, 0.29) is 18.3 Å². The summed E-state index contributed by atoms with van der Waals surface area (Å²) < 4.78 is 20.5. The van der Waals surface area contributed by atoms with Gasteiger partial charge in [-0.05, 0) is 37.6 Å². The molecule has 0 saturated heterocycles. The highest BCUT2D eigenvalue weighted by Crippen LogP contribution is 2.28. The molecule has 0 bridgehead atoms. The van der Waals surface area contributed by atoms with E-state index in [1.165, 1.54) is 6.08 Å². The van der Waals surface area contributed by atoms with E-state index in [2.05, 4.69) is 10.3 Å². The molecule has 138 valence electrons. The normalized spacial score (nSPS) is 10.6. The number of hydrogen-bond donors (Lipinski definition) is 1. The lowest BCUT2D eigenvalue weighted by atomic mass is 10.2. The standard InChI is InChI=1S/C18H20N2O6/c1-4-24-14-8-6-12(10-15(14)23-3)7-9-16(21)20-18-19-13(11-26-18)17(22)25-5-2/h6-11H,4-5H2,1-3H3,(H,19,20,21)/b9-7+. The lowest BCUT2D eigenvalue weighted by Crippen LogP contribution is -2.09. The lowest BCUT2D eigenvalue weighted by Gasteiger charge is -2.09. The van der Waals surface area contributed by atoms with Gasteiger partial charge in [0, 0.05) is 6.08 Å². The summed E-state index contributed by atoms with van der Waals surface area (Å²) >= 11 is 0. The van der Waals surface area contributed by atoms with E-state index in [9.17, 15) is 9.59 Å². The third kappa shape index (κ3) is 5.10. The fourth-order valence-electron chi connectivity index (χ4n) is 2.01. The van der Waals surface area contributed by atoms with Gasteiger partial charge in [0.1, 0.15) is 6.26 Å². The van der Waals surface area contributed by atoms with Gasteiger partial charge in [-0.25, -0.2) is 4.79 Å². The molecule has 2 aromatic rings. The second kappa shape index (κ2) is 9.26. The van der Waals surface area contributed by atoms with Crippen LogP contribution in [0, 0.1) is 0 Å². The molecule has 0 unspecified atom stereocenters. The zero-order valence-electron chi connectivity index (χ0n) is 14.8. The number of anilines is 1. The molecule has 1 aromatic carbocycles. The van der Waals surface area contributed by atoms with E-state index in [0.29, 0.717) is 18.1 Å². The number of oxazole rings is 1. The molecular formula is C18H20N2O6. The van der Waals surface area contributed by atoms with Gasteiger partial charge >= 0.3 is 12.0 Å². The van der Waals surface area contributed by atoms with Crippen molar-refractivity contribution in [2.75, 3.05) is 25.6 Å². The SMILES string of the molecule is CCOC(=O)c1coc(NC(=O)/C=C/c2ccc(OCC)c(OC)c2)n1. The first-order valence-electron chi connectivity index (χ1n) is 7.99. The van der Waals surface area contributed by atoms with Gasteiger partial charge in [-0.15, -0.1) is 0 Å². The second-order valence-electron chi connectivity index (χ2n) is 4.92. The van der Waals surface area contributed by atoms with E-state index >= 15 is 0 Å². The summed E-state index contributed by atoms with van der Waals surface area (Å²) in [5.41, 5.74) is 0.738. The Morgan fingerprint density at radius 1 is 1.23 bits per heavy atom. The van der Waals surface area contributed by atoms with Crippen molar-refractivity contribution in [3.8, 4) is 11.5 Å². The molecule has 0 aliphatic heterocycles. The minimum Gasteiger partial charge on any atom is -0.493 e. The minimum atomic E-state index is -0.617. The number of amides is 1. The quantitative estimate of drug-likeness (QED) is 0.570. The van der Waals surface area contributed by atoms with E-state index < -0.39 is 11.9 Å². The maximum atomic E-state index is 11.9. The highest BCUT2D eigenvalue weighted by Gasteiger charge is 2.14. The lowest BCUT2D eigenvalue weighted by molar-refractivity contribution is -0.112. The Kier molecular flexibility index (Phi) is 6.78. The van der Waals surface area contributed by atoms with Crippen molar-refractivity contribution in [3.63, 3.8) is 0 Å². The van der Waals surface area contributed by atoms with Crippen molar-refractivity contribution in [2.24, 2.45) is 0 Å². The Labute approximate surface area is 150 Å². The maximum absolute atomic E-state index is 11.9. The third-order valence-electron chi connectivity index (χ3n) is 3.13. The van der Waals surface area contributed by atoms with Crippen LogP contribution in [0.5, 0.6) is 11.5 Å². The van der Waals surface area contributed by atoms with E-state index in [4.69, 9.17) is 18.6 Å². The first-order chi connectivity index (χ1) is 12.6. The van der Waals surface area contributed by atoms with Gasteiger partial charge in [-0.1, -0.05) is 6.07 Å². The summed E-state index contributed by atoms with van der Waals surface area (Å²) in [4.78, 5) is 27.3. The van der Waals surface area contributed by atoms with Crippen molar-refractivity contribution < 1.29 is 28.2 Å². The van der Waals surface area contributed by atoms with Crippen LogP contribution in [0.3, 0.4) is 0 Å². The largest absolute Gasteiger partial charge is 0.493 e. The Hall–Kier alpha value is -3.29. The van der Waals surface area contributed by atoms with Gasteiger partial charge in [0.15, 0.2) is 17.2 Å². The summed E-state index contributed by atoms with van der Waals surface area (Å²) in [6, 6.07) is 5.21. The minimum absolute atomic E-state index is 0.0117. The van der Waals surface area contributed by atoms with Gasteiger partial charge in [0.2, 0.25) is 0 Å². The van der Waals surface area contributed by atoms with Crippen LogP contribution in [0.2, 0.25) is 0 Å². The number of nitrogens with zero attached hydrogens (tertiary/aromatic N) is 1. The molecule has 0 fully saturated rings. The van der Waals surface area contributed by atoms with Crippen molar-refractivity contribution in [3.05, 3.63) is 41.8 Å². The highest BCUT2D eigenvalue weighted by molar-refractivity contribution is 6.01. The third-order valence-corrected chi connectivity index (χ3v) is 3.13. The van der Waals surface area contributed by atoms with Crippen LogP contribution in [0.1, 0.15) is 29.9 Å². The summed E-state index contributed by atoms with van der Waals surface area (Å²) in [5, 5.41) is 2.42. The van der Waals surface area contributed by atoms with E-state index in [1.807, 2.05) is 6.92 Å². The summed E-state index contributed by atoms with van der Waals surface area (Å²) in [6.45, 7) is 4.31. The van der Waals surface area contributed by atoms with Crippen LogP contribution in [0.4, 0.5) is 6.01 Å². The van der Waals surface area contributed by atoms with E-state index in [1.54, 1.807) is 38.3 Å². The molecule has 1 amide bonds. The average molecular weight is 360 g/mol. The van der Waals surface area contributed by atoms with Crippen LogP contribution in [0.25, 0.3) is 6.08 Å².